The van der Waals surface area contributed by atoms with Gasteiger partial charge in [0.2, 0.25) is 0 Å². The van der Waals surface area contributed by atoms with E-state index in [0.717, 1.165) is 0 Å². The number of carbonyl (C=O) groups is 1. The van der Waals surface area contributed by atoms with Crippen LogP contribution < -0.4 is 5.73 Å². The van der Waals surface area contributed by atoms with Crippen LogP contribution in [0, 0.1) is 0 Å². The molecule has 2 nitrogen and oxygen atoms in total. The fourth-order valence-electron chi connectivity index (χ4n) is 0.565. The van der Waals surface area contributed by atoms with Gasteiger partial charge in [-0.25, -0.2) is 0 Å². The zero-order valence-corrected chi connectivity index (χ0v) is 6.90. The number of rotatable bonds is 3. The predicted molar refractivity (Wildman–Crippen MR) is 42.7 cm³/mol. The molecule has 0 aromatic heterocycles. The minimum absolute atomic E-state index is 0.0486. The van der Waals surface area contributed by atoms with Gasteiger partial charge >= 0.3 is 0 Å². The molecule has 0 unspecified atom stereocenters. The quantitative estimate of drug-likeness (QED) is 0.601. The predicted octanol–water partition coefficient (Wildman–Crippen LogP) is 1.26. The van der Waals surface area contributed by atoms with E-state index in [4.69, 9.17) is 5.73 Å². The Kier molecular flexibility index (Phi) is 2.78. The highest BCUT2D eigenvalue weighted by Gasteiger charge is 2.15. The first-order chi connectivity index (χ1) is 4.33. The Morgan fingerprint density at radius 1 is 1.60 bits per heavy atom. The van der Waals surface area contributed by atoms with Crippen molar-refractivity contribution in [1.82, 2.24) is 0 Å². The van der Waals surface area contributed by atoms with Crippen molar-refractivity contribution in [1.29, 1.82) is 0 Å². The minimum atomic E-state index is -0.407. The first-order valence-electron chi connectivity index (χ1n) is 3.30. The topological polar surface area (TPSA) is 43.1 Å². The average Bonchev–Trinajstić information content (AvgIpc) is 1.60. The molecule has 0 aliphatic rings. The van der Waals surface area contributed by atoms with Crippen LogP contribution in [-0.4, -0.2) is 11.3 Å². The zero-order valence-electron chi connectivity index (χ0n) is 6.90. The second kappa shape index (κ2) is 2.97. The second-order valence-corrected chi connectivity index (χ2v) is 3.37. The molecule has 0 spiro atoms. The zero-order chi connectivity index (χ0) is 8.36. The Labute approximate surface area is 62.1 Å². The summed E-state index contributed by atoms with van der Waals surface area (Å²) in [5.74, 6) is 0.0486. The summed E-state index contributed by atoms with van der Waals surface area (Å²) in [4.78, 5) is 11.0. The molecule has 10 heavy (non-hydrogen) atoms. The maximum absolute atomic E-state index is 11.0. The lowest BCUT2D eigenvalue weighted by atomic mass is 9.97. The summed E-state index contributed by atoms with van der Waals surface area (Å²) in [6.07, 6.45) is 0.377. The summed E-state index contributed by atoms with van der Waals surface area (Å²) < 4.78 is 0. The van der Waals surface area contributed by atoms with Crippen LogP contribution >= 0.6 is 0 Å². The van der Waals surface area contributed by atoms with E-state index in [1.54, 1.807) is 6.92 Å². The van der Waals surface area contributed by atoms with Crippen LogP contribution in [0.4, 0.5) is 0 Å². The van der Waals surface area contributed by atoms with E-state index in [1.807, 2.05) is 13.8 Å². The van der Waals surface area contributed by atoms with Crippen molar-refractivity contribution in [2.24, 2.45) is 5.73 Å². The molecule has 0 fully saturated rings. The van der Waals surface area contributed by atoms with Gasteiger partial charge in [0.05, 0.1) is 0 Å². The molecule has 0 aromatic rings. The van der Waals surface area contributed by atoms with E-state index in [-0.39, 0.29) is 5.78 Å². The van der Waals surface area contributed by atoms with E-state index < -0.39 is 5.54 Å². The van der Waals surface area contributed by atoms with Crippen molar-refractivity contribution in [3.05, 3.63) is 12.2 Å². The van der Waals surface area contributed by atoms with Gasteiger partial charge in [0.15, 0.2) is 5.78 Å². The molecular formula is C8H15NO. The molecule has 0 atom stereocenters. The molecule has 0 radical (unpaired) electrons. The molecule has 0 amide bonds. The third-order valence-corrected chi connectivity index (χ3v) is 1.09. The van der Waals surface area contributed by atoms with Crippen molar-refractivity contribution in [2.75, 3.05) is 0 Å². The largest absolute Gasteiger partial charge is 0.325 e. The number of allylic oxidation sites excluding steroid dienone is 1. The summed E-state index contributed by atoms with van der Waals surface area (Å²) in [7, 11) is 0. The SMILES string of the molecule is C=C(C)C(=O)CC(C)(C)N. The molecule has 0 aromatic carbocycles. The molecule has 0 bridgehead atoms. The first kappa shape index (κ1) is 9.37. The molecule has 2 heteroatoms. The molecule has 0 saturated heterocycles. The monoisotopic (exact) mass is 141 g/mol. The highest BCUT2D eigenvalue weighted by Crippen LogP contribution is 2.07. The summed E-state index contributed by atoms with van der Waals surface area (Å²) in [5.41, 5.74) is 5.79. The molecule has 58 valence electrons. The number of carbonyl (C=O) groups excluding carboxylic acids is 1. The third-order valence-electron chi connectivity index (χ3n) is 1.09. The first-order valence-corrected chi connectivity index (χ1v) is 3.30. The van der Waals surface area contributed by atoms with E-state index in [2.05, 4.69) is 6.58 Å². The van der Waals surface area contributed by atoms with Crippen LogP contribution in [0.3, 0.4) is 0 Å². The Balaban J connectivity index is 3.93. The number of hydrogen-bond donors (Lipinski definition) is 1. The Hall–Kier alpha value is -0.630. The molecule has 0 saturated carbocycles. The van der Waals surface area contributed by atoms with Crippen LogP contribution in [0.5, 0.6) is 0 Å². The van der Waals surface area contributed by atoms with Crippen molar-refractivity contribution in [3.8, 4) is 0 Å². The van der Waals surface area contributed by atoms with Gasteiger partial charge < -0.3 is 5.73 Å². The van der Waals surface area contributed by atoms with Crippen LogP contribution in [0.2, 0.25) is 0 Å². The lowest BCUT2D eigenvalue weighted by molar-refractivity contribution is -0.116. The molecular weight excluding hydrogens is 126 g/mol. The van der Waals surface area contributed by atoms with E-state index in [1.165, 1.54) is 0 Å². The maximum Gasteiger partial charge on any atom is 0.159 e. The molecule has 0 aliphatic carbocycles. The normalized spacial score (nSPS) is 11.2. The number of ketones is 1. The summed E-state index contributed by atoms with van der Waals surface area (Å²) in [5, 5.41) is 0. The fourth-order valence-corrected chi connectivity index (χ4v) is 0.565. The van der Waals surface area contributed by atoms with Gasteiger partial charge in [0, 0.05) is 12.0 Å². The highest BCUT2D eigenvalue weighted by atomic mass is 16.1. The average molecular weight is 141 g/mol. The van der Waals surface area contributed by atoms with E-state index in [9.17, 15) is 4.79 Å². The van der Waals surface area contributed by atoms with Crippen molar-refractivity contribution in [3.63, 3.8) is 0 Å². The molecule has 2 N–H and O–H groups in total. The minimum Gasteiger partial charge on any atom is -0.325 e. The maximum atomic E-state index is 11.0. The van der Waals surface area contributed by atoms with Gasteiger partial charge in [0.25, 0.3) is 0 Å². The van der Waals surface area contributed by atoms with Crippen molar-refractivity contribution < 1.29 is 4.79 Å². The van der Waals surface area contributed by atoms with Gasteiger partial charge in [-0.2, -0.15) is 0 Å². The van der Waals surface area contributed by atoms with Gasteiger partial charge in [-0.3, -0.25) is 4.79 Å². The smallest absolute Gasteiger partial charge is 0.159 e. The van der Waals surface area contributed by atoms with Crippen LogP contribution in [0.1, 0.15) is 27.2 Å². The molecule has 0 aliphatic heterocycles. The summed E-state index contributed by atoms with van der Waals surface area (Å²) >= 11 is 0. The van der Waals surface area contributed by atoms with Crippen molar-refractivity contribution in [2.45, 2.75) is 32.7 Å². The highest BCUT2D eigenvalue weighted by molar-refractivity contribution is 5.94. The Morgan fingerprint density at radius 2 is 2.00 bits per heavy atom. The number of hydrogen-bond acceptors (Lipinski definition) is 2. The third kappa shape index (κ3) is 4.27. The van der Waals surface area contributed by atoms with Gasteiger partial charge in [0.1, 0.15) is 0 Å². The van der Waals surface area contributed by atoms with E-state index in [0.29, 0.717) is 12.0 Å². The Morgan fingerprint density at radius 3 is 2.10 bits per heavy atom. The van der Waals surface area contributed by atoms with Crippen LogP contribution in [0.25, 0.3) is 0 Å². The van der Waals surface area contributed by atoms with Crippen molar-refractivity contribution >= 4 is 5.78 Å². The lowest BCUT2D eigenvalue weighted by Gasteiger charge is -2.16. The number of nitrogens with two attached hydrogens (primary N) is 1. The van der Waals surface area contributed by atoms with Crippen LogP contribution in [-0.2, 0) is 4.79 Å². The van der Waals surface area contributed by atoms with Crippen LogP contribution in [0.15, 0.2) is 12.2 Å². The van der Waals surface area contributed by atoms with Gasteiger partial charge in [-0.15, -0.1) is 0 Å². The van der Waals surface area contributed by atoms with Gasteiger partial charge in [-0.1, -0.05) is 6.58 Å². The standard InChI is InChI=1S/C8H15NO/c1-6(2)7(10)5-8(3,4)9/h1,5,9H2,2-4H3. The summed E-state index contributed by atoms with van der Waals surface area (Å²) in [6.45, 7) is 8.89. The Bertz CT molecular complexity index is 153. The van der Waals surface area contributed by atoms with E-state index >= 15 is 0 Å². The number of Topliss-reactive ketones (excluding diaryl/α,β-unsaturated/α-hetero) is 1. The second-order valence-electron chi connectivity index (χ2n) is 3.37. The fraction of sp³-hybridized carbons (Fsp3) is 0.625. The lowest BCUT2D eigenvalue weighted by Crippen LogP contribution is -2.34. The molecule has 0 rings (SSSR count). The molecule has 0 heterocycles. The summed E-state index contributed by atoms with van der Waals surface area (Å²) in [6, 6.07) is 0. The van der Waals surface area contributed by atoms with Gasteiger partial charge in [-0.05, 0) is 26.3 Å².